The summed E-state index contributed by atoms with van der Waals surface area (Å²) in [4.78, 5) is 39.8. The molecule has 30 heavy (non-hydrogen) atoms. The maximum atomic E-state index is 12.5. The lowest BCUT2D eigenvalue weighted by Crippen LogP contribution is -2.45. The Bertz CT molecular complexity index is 913. The number of hydrogen-bond donors (Lipinski definition) is 2. The minimum absolute atomic E-state index is 0.0427. The highest BCUT2D eigenvalue weighted by Crippen LogP contribution is 2.27. The number of hydrogen-bond acceptors (Lipinski definition) is 5. The fraction of sp³-hybridized carbons (Fsp3) is 0.318. The molecule has 158 valence electrons. The van der Waals surface area contributed by atoms with Crippen LogP contribution in [0.15, 0.2) is 53.4 Å². The van der Waals surface area contributed by atoms with Gasteiger partial charge in [-0.05, 0) is 68.6 Å². The van der Waals surface area contributed by atoms with Crippen molar-refractivity contribution in [2.45, 2.75) is 31.3 Å². The first kappa shape index (κ1) is 21.7. The number of benzene rings is 2. The molecule has 1 saturated heterocycles. The molecule has 3 amide bonds. The first-order valence-corrected chi connectivity index (χ1v) is 10.9. The van der Waals surface area contributed by atoms with E-state index in [9.17, 15) is 14.4 Å². The Morgan fingerprint density at radius 3 is 2.33 bits per heavy atom. The summed E-state index contributed by atoms with van der Waals surface area (Å²) in [6.07, 6.45) is 2.13. The summed E-state index contributed by atoms with van der Waals surface area (Å²) < 4.78 is 5.54. The Labute approximate surface area is 180 Å². The second-order valence-electron chi connectivity index (χ2n) is 7.24. The van der Waals surface area contributed by atoms with Crippen LogP contribution in [0.5, 0.6) is 5.75 Å². The third-order valence-electron chi connectivity index (χ3n) is 4.67. The molecular weight excluding hydrogens is 402 g/mol. The molecule has 1 aliphatic heterocycles. The Morgan fingerprint density at radius 1 is 1.07 bits per heavy atom. The van der Waals surface area contributed by atoms with Crippen molar-refractivity contribution in [3.63, 3.8) is 0 Å². The smallest absolute Gasteiger partial charge is 0.269 e. The second-order valence-corrected chi connectivity index (χ2v) is 8.12. The summed E-state index contributed by atoms with van der Waals surface area (Å²) in [5.74, 6) is -0.798. The molecule has 1 heterocycles. The number of carbonyl (C=O) groups is 3. The van der Waals surface area contributed by atoms with Crippen molar-refractivity contribution in [1.82, 2.24) is 10.9 Å². The summed E-state index contributed by atoms with van der Waals surface area (Å²) in [6.45, 7) is 4.12. The fourth-order valence-corrected chi connectivity index (χ4v) is 3.55. The summed E-state index contributed by atoms with van der Waals surface area (Å²) in [5.41, 5.74) is 5.99. The molecule has 0 saturated carbocycles. The summed E-state index contributed by atoms with van der Waals surface area (Å²) >= 11 is 1.62. The van der Waals surface area contributed by atoms with Gasteiger partial charge in [0.2, 0.25) is 11.8 Å². The van der Waals surface area contributed by atoms with Crippen LogP contribution in [0, 0.1) is 5.92 Å². The largest absolute Gasteiger partial charge is 0.491 e. The van der Waals surface area contributed by atoms with Gasteiger partial charge in [0.05, 0.1) is 12.0 Å². The average molecular weight is 428 g/mol. The van der Waals surface area contributed by atoms with Crippen molar-refractivity contribution in [3.05, 3.63) is 54.1 Å². The lowest BCUT2D eigenvalue weighted by Gasteiger charge is -2.17. The van der Waals surface area contributed by atoms with Crippen molar-refractivity contribution < 1.29 is 19.1 Å². The highest BCUT2D eigenvalue weighted by Gasteiger charge is 2.35. The van der Waals surface area contributed by atoms with Crippen molar-refractivity contribution in [3.8, 4) is 5.75 Å². The van der Waals surface area contributed by atoms with Crippen LogP contribution < -0.4 is 20.5 Å². The topological polar surface area (TPSA) is 87.7 Å². The Balaban J connectivity index is 1.53. The third kappa shape index (κ3) is 5.33. The Hall–Kier alpha value is -3.00. The van der Waals surface area contributed by atoms with Crippen molar-refractivity contribution in [2.75, 3.05) is 17.7 Å². The van der Waals surface area contributed by atoms with Crippen LogP contribution in [-0.4, -0.2) is 36.6 Å². The molecule has 0 bridgehead atoms. The molecule has 8 heteroatoms. The number of rotatable bonds is 6. The molecule has 0 spiro atoms. The number of ether oxygens (including phenoxy) is 1. The number of nitrogens with zero attached hydrogens (tertiary/aromatic N) is 1. The Kier molecular flexibility index (Phi) is 6.99. The zero-order valence-corrected chi connectivity index (χ0v) is 18.0. The quantitative estimate of drug-likeness (QED) is 0.547. The number of amides is 3. The molecule has 2 N–H and O–H groups in total. The van der Waals surface area contributed by atoms with Crippen LogP contribution in [0.4, 0.5) is 5.69 Å². The maximum Gasteiger partial charge on any atom is 0.269 e. The zero-order valence-electron chi connectivity index (χ0n) is 17.2. The van der Waals surface area contributed by atoms with E-state index in [1.165, 1.54) is 0 Å². The average Bonchev–Trinajstić information content (AvgIpc) is 3.13. The first-order valence-electron chi connectivity index (χ1n) is 9.68. The number of nitrogens with one attached hydrogen (secondary N) is 2. The van der Waals surface area contributed by atoms with E-state index >= 15 is 0 Å². The lowest BCUT2D eigenvalue weighted by molar-refractivity contribution is -0.126. The van der Waals surface area contributed by atoms with E-state index in [1.54, 1.807) is 40.9 Å². The van der Waals surface area contributed by atoms with Crippen LogP contribution in [0.3, 0.4) is 0 Å². The van der Waals surface area contributed by atoms with E-state index in [2.05, 4.69) is 10.9 Å². The van der Waals surface area contributed by atoms with E-state index < -0.39 is 11.8 Å². The van der Waals surface area contributed by atoms with Crippen molar-refractivity contribution >= 4 is 35.2 Å². The van der Waals surface area contributed by atoms with Gasteiger partial charge in [-0.25, -0.2) is 0 Å². The maximum absolute atomic E-state index is 12.5. The number of hydrazine groups is 1. The van der Waals surface area contributed by atoms with Gasteiger partial charge in [0, 0.05) is 29.1 Å². The molecule has 1 aliphatic rings. The standard InChI is InChI=1S/C22H25N3O4S/c1-14(2)29-18-8-4-15(5-9-18)21(27)23-24-22(28)16-12-20(26)25(13-16)17-6-10-19(30-3)11-7-17/h4-11,14,16H,12-13H2,1-3H3,(H,23,27)(H,24,28)/t16-/m1/s1. The highest BCUT2D eigenvalue weighted by molar-refractivity contribution is 7.98. The second kappa shape index (κ2) is 9.67. The first-order chi connectivity index (χ1) is 14.4. The molecule has 0 unspecified atom stereocenters. The van der Waals surface area contributed by atoms with Gasteiger partial charge in [-0.2, -0.15) is 0 Å². The molecule has 0 aliphatic carbocycles. The minimum atomic E-state index is -0.528. The van der Waals surface area contributed by atoms with Crippen molar-refractivity contribution in [1.29, 1.82) is 0 Å². The van der Waals surface area contributed by atoms with Crippen LogP contribution in [-0.2, 0) is 9.59 Å². The lowest BCUT2D eigenvalue weighted by atomic mass is 10.1. The molecule has 7 nitrogen and oxygen atoms in total. The van der Waals surface area contributed by atoms with Gasteiger partial charge in [-0.15, -0.1) is 11.8 Å². The molecule has 0 radical (unpaired) electrons. The van der Waals surface area contributed by atoms with Crippen LogP contribution in [0.25, 0.3) is 0 Å². The fourth-order valence-electron chi connectivity index (χ4n) is 3.14. The van der Waals surface area contributed by atoms with Gasteiger partial charge in [0.15, 0.2) is 0 Å². The predicted molar refractivity (Wildman–Crippen MR) is 116 cm³/mol. The molecule has 3 rings (SSSR count). The summed E-state index contributed by atoms with van der Waals surface area (Å²) in [5, 5.41) is 0. The van der Waals surface area contributed by atoms with E-state index in [0.717, 1.165) is 10.6 Å². The van der Waals surface area contributed by atoms with Gasteiger partial charge in [0.25, 0.3) is 5.91 Å². The minimum Gasteiger partial charge on any atom is -0.491 e. The molecule has 2 aromatic rings. The Morgan fingerprint density at radius 2 is 1.73 bits per heavy atom. The molecule has 0 aromatic heterocycles. The number of carbonyl (C=O) groups excluding carboxylic acids is 3. The molecule has 1 atom stereocenters. The summed E-state index contributed by atoms with van der Waals surface area (Å²) in [7, 11) is 0. The monoisotopic (exact) mass is 427 g/mol. The van der Waals surface area contributed by atoms with Crippen LogP contribution >= 0.6 is 11.8 Å². The van der Waals surface area contributed by atoms with Crippen molar-refractivity contribution in [2.24, 2.45) is 5.92 Å². The van der Waals surface area contributed by atoms with E-state index in [0.29, 0.717) is 11.3 Å². The van der Waals surface area contributed by atoms with Gasteiger partial charge in [-0.3, -0.25) is 25.2 Å². The van der Waals surface area contributed by atoms with Crippen LogP contribution in [0.2, 0.25) is 0 Å². The van der Waals surface area contributed by atoms with Gasteiger partial charge in [-0.1, -0.05) is 0 Å². The van der Waals surface area contributed by atoms with Crippen LogP contribution in [0.1, 0.15) is 30.6 Å². The van der Waals surface area contributed by atoms with E-state index in [1.807, 2.05) is 44.4 Å². The predicted octanol–water partition coefficient (Wildman–Crippen LogP) is 3.01. The molecular formula is C22H25N3O4S. The highest BCUT2D eigenvalue weighted by atomic mass is 32.2. The SMILES string of the molecule is CSc1ccc(N2C[C@H](C(=O)NNC(=O)c3ccc(OC(C)C)cc3)CC2=O)cc1. The van der Waals surface area contributed by atoms with E-state index in [-0.39, 0.29) is 30.9 Å². The van der Waals surface area contributed by atoms with Gasteiger partial charge < -0.3 is 9.64 Å². The third-order valence-corrected chi connectivity index (χ3v) is 5.41. The molecule has 2 aromatic carbocycles. The molecule has 1 fully saturated rings. The number of thioether (sulfide) groups is 1. The summed E-state index contributed by atoms with van der Waals surface area (Å²) in [6, 6.07) is 14.3. The number of anilines is 1. The normalized spacial score (nSPS) is 15.9. The van der Waals surface area contributed by atoms with E-state index in [4.69, 9.17) is 4.74 Å². The van der Waals surface area contributed by atoms with Gasteiger partial charge >= 0.3 is 0 Å². The zero-order chi connectivity index (χ0) is 21.7. The van der Waals surface area contributed by atoms with Gasteiger partial charge in [0.1, 0.15) is 5.75 Å².